The van der Waals surface area contributed by atoms with Crippen molar-refractivity contribution in [3.05, 3.63) is 52.4 Å². The molecule has 0 aliphatic heterocycles. The summed E-state index contributed by atoms with van der Waals surface area (Å²) < 4.78 is 7.01. The zero-order valence-electron chi connectivity index (χ0n) is 11.2. The Morgan fingerprint density at radius 3 is 2.80 bits per heavy atom. The van der Waals surface area contributed by atoms with E-state index in [1.54, 1.807) is 17.7 Å². The van der Waals surface area contributed by atoms with E-state index in [-0.39, 0.29) is 5.56 Å². The number of hydrogen-bond acceptors (Lipinski definition) is 3. The molecule has 98 valence electrons. The van der Waals surface area contributed by atoms with Gasteiger partial charge in [-0.15, -0.1) is 0 Å². The quantitative estimate of drug-likeness (QED) is 0.531. The Bertz CT molecular complexity index is 1020. The highest BCUT2D eigenvalue weighted by Gasteiger charge is 2.15. The minimum atomic E-state index is -0.00115. The van der Waals surface area contributed by atoms with Crippen molar-refractivity contribution in [3.8, 4) is 5.75 Å². The van der Waals surface area contributed by atoms with Crippen LogP contribution in [0.2, 0.25) is 0 Å². The molecule has 3 heterocycles. The number of hydrogen-bond donors (Lipinski definition) is 0. The van der Waals surface area contributed by atoms with Crippen molar-refractivity contribution in [1.29, 1.82) is 0 Å². The molecule has 4 rings (SSSR count). The van der Waals surface area contributed by atoms with E-state index in [9.17, 15) is 4.79 Å². The topological polar surface area (TPSA) is 43.6 Å². The molecule has 0 radical (unpaired) electrons. The number of ether oxygens (including phenoxy) is 1. The van der Waals surface area contributed by atoms with E-state index in [0.29, 0.717) is 5.56 Å². The molecule has 0 saturated heterocycles. The molecular formula is C16H12N2O2. The molecule has 0 fully saturated rings. The number of aromatic nitrogens is 2. The molecule has 3 aromatic heterocycles. The van der Waals surface area contributed by atoms with Crippen molar-refractivity contribution < 1.29 is 4.74 Å². The Kier molecular flexibility index (Phi) is 2.07. The predicted molar refractivity (Wildman–Crippen MR) is 78.9 cm³/mol. The van der Waals surface area contributed by atoms with Crippen LogP contribution >= 0.6 is 0 Å². The van der Waals surface area contributed by atoms with Gasteiger partial charge in [-0.1, -0.05) is 0 Å². The molecule has 0 atom stereocenters. The molecule has 0 spiro atoms. The summed E-state index contributed by atoms with van der Waals surface area (Å²) in [4.78, 5) is 16.9. The van der Waals surface area contributed by atoms with E-state index in [1.165, 1.54) is 0 Å². The summed E-state index contributed by atoms with van der Waals surface area (Å²) in [6, 6.07) is 9.60. The Morgan fingerprint density at radius 2 is 2.00 bits per heavy atom. The monoisotopic (exact) mass is 264 g/mol. The molecular weight excluding hydrogens is 252 g/mol. The normalized spacial score (nSPS) is 11.7. The van der Waals surface area contributed by atoms with Crippen molar-refractivity contribution in [1.82, 2.24) is 9.38 Å². The van der Waals surface area contributed by atoms with Crippen LogP contribution in [0.1, 0.15) is 5.56 Å². The lowest BCUT2D eigenvalue weighted by Crippen LogP contribution is -2.15. The number of pyridine rings is 2. The van der Waals surface area contributed by atoms with Crippen LogP contribution in [0, 0.1) is 6.92 Å². The van der Waals surface area contributed by atoms with Gasteiger partial charge in [0.2, 0.25) is 0 Å². The number of fused-ring (bicyclic) bond motifs is 3. The van der Waals surface area contributed by atoms with E-state index in [4.69, 9.17) is 4.74 Å². The average molecular weight is 264 g/mol. The van der Waals surface area contributed by atoms with Gasteiger partial charge < -0.3 is 4.74 Å². The summed E-state index contributed by atoms with van der Waals surface area (Å²) in [6.07, 6.45) is 1.78. The van der Waals surface area contributed by atoms with Crippen molar-refractivity contribution >= 4 is 27.3 Å². The van der Waals surface area contributed by atoms with Gasteiger partial charge in [0.15, 0.2) is 0 Å². The highest BCUT2D eigenvalue weighted by molar-refractivity contribution is 6.13. The second kappa shape index (κ2) is 3.70. The number of benzene rings is 1. The Balaban J connectivity index is 2.41. The van der Waals surface area contributed by atoms with Crippen LogP contribution in [0.15, 0.2) is 41.3 Å². The van der Waals surface area contributed by atoms with Gasteiger partial charge in [-0.3, -0.25) is 14.2 Å². The molecule has 0 bridgehead atoms. The highest BCUT2D eigenvalue weighted by atomic mass is 16.5. The predicted octanol–water partition coefficient (Wildman–Crippen LogP) is 2.76. The Morgan fingerprint density at radius 1 is 1.15 bits per heavy atom. The van der Waals surface area contributed by atoms with Crippen LogP contribution < -0.4 is 10.3 Å². The van der Waals surface area contributed by atoms with E-state index in [2.05, 4.69) is 4.98 Å². The fraction of sp³-hybridized carbons (Fsp3) is 0.125. The summed E-state index contributed by atoms with van der Waals surface area (Å²) in [6.45, 7) is 1.82. The number of nitrogens with zero attached hydrogens (tertiary/aromatic N) is 2. The van der Waals surface area contributed by atoms with Crippen molar-refractivity contribution in [2.45, 2.75) is 6.92 Å². The Labute approximate surface area is 114 Å². The SMILES string of the molecule is COc1ccc2c3ccnc4cc(C)c(=O)n(c2c1)c43. The average Bonchev–Trinajstić information content (AvgIpc) is 2.80. The molecule has 0 unspecified atom stereocenters. The molecule has 4 aromatic rings. The number of rotatable bonds is 1. The van der Waals surface area contributed by atoms with Gasteiger partial charge in [-0.05, 0) is 31.2 Å². The van der Waals surface area contributed by atoms with Crippen LogP contribution in [-0.2, 0) is 0 Å². The fourth-order valence-corrected chi connectivity index (χ4v) is 2.85. The zero-order chi connectivity index (χ0) is 13.9. The van der Waals surface area contributed by atoms with Gasteiger partial charge in [-0.25, -0.2) is 0 Å². The molecule has 0 aliphatic carbocycles. The number of methoxy groups -OCH3 is 1. The van der Waals surface area contributed by atoms with E-state index < -0.39 is 0 Å². The van der Waals surface area contributed by atoms with Gasteiger partial charge >= 0.3 is 0 Å². The van der Waals surface area contributed by atoms with Crippen molar-refractivity contribution in [3.63, 3.8) is 0 Å². The smallest absolute Gasteiger partial charge is 0.258 e. The maximum absolute atomic E-state index is 12.5. The molecule has 0 N–H and O–H groups in total. The van der Waals surface area contributed by atoms with Crippen LogP contribution in [0.3, 0.4) is 0 Å². The second-order valence-electron chi connectivity index (χ2n) is 4.94. The van der Waals surface area contributed by atoms with Gasteiger partial charge in [0, 0.05) is 28.6 Å². The molecule has 0 saturated carbocycles. The van der Waals surface area contributed by atoms with Gasteiger partial charge in [0.1, 0.15) is 5.75 Å². The van der Waals surface area contributed by atoms with Gasteiger partial charge in [-0.2, -0.15) is 0 Å². The lowest BCUT2D eigenvalue weighted by molar-refractivity contribution is 0.415. The summed E-state index contributed by atoms with van der Waals surface area (Å²) in [5, 5.41) is 2.09. The van der Waals surface area contributed by atoms with Gasteiger partial charge in [0.05, 0.1) is 23.7 Å². The number of aryl methyl sites for hydroxylation is 1. The first-order valence-corrected chi connectivity index (χ1v) is 6.41. The van der Waals surface area contributed by atoms with Crippen LogP contribution in [0.25, 0.3) is 27.3 Å². The third kappa shape index (κ3) is 1.25. The standard InChI is InChI=1S/C16H12N2O2/c1-9-7-13-15-12(5-6-17-13)11-4-3-10(20-2)8-14(11)18(15)16(9)19/h3-8H,1-2H3. The van der Waals surface area contributed by atoms with Crippen molar-refractivity contribution in [2.75, 3.05) is 7.11 Å². The van der Waals surface area contributed by atoms with E-state index in [0.717, 1.165) is 33.1 Å². The maximum Gasteiger partial charge on any atom is 0.258 e. The van der Waals surface area contributed by atoms with Gasteiger partial charge in [0.25, 0.3) is 5.56 Å². The first kappa shape index (κ1) is 11.2. The van der Waals surface area contributed by atoms with Crippen LogP contribution in [-0.4, -0.2) is 16.5 Å². The van der Waals surface area contributed by atoms with E-state index in [1.807, 2.05) is 37.3 Å². The van der Waals surface area contributed by atoms with Crippen molar-refractivity contribution in [2.24, 2.45) is 0 Å². The third-order valence-corrected chi connectivity index (χ3v) is 3.81. The van der Waals surface area contributed by atoms with Crippen LogP contribution in [0.4, 0.5) is 0 Å². The summed E-state index contributed by atoms with van der Waals surface area (Å²) in [5.41, 5.74) is 3.28. The minimum Gasteiger partial charge on any atom is -0.497 e. The lowest BCUT2D eigenvalue weighted by atomic mass is 10.1. The lowest BCUT2D eigenvalue weighted by Gasteiger charge is -2.02. The molecule has 20 heavy (non-hydrogen) atoms. The molecule has 4 nitrogen and oxygen atoms in total. The largest absolute Gasteiger partial charge is 0.497 e. The van der Waals surface area contributed by atoms with E-state index >= 15 is 0 Å². The molecule has 0 amide bonds. The fourth-order valence-electron chi connectivity index (χ4n) is 2.85. The Hall–Kier alpha value is -2.62. The minimum absolute atomic E-state index is 0.00115. The summed E-state index contributed by atoms with van der Waals surface area (Å²) in [7, 11) is 1.62. The summed E-state index contributed by atoms with van der Waals surface area (Å²) in [5.74, 6) is 0.742. The first-order chi connectivity index (χ1) is 9.70. The molecule has 0 aliphatic rings. The van der Waals surface area contributed by atoms with Crippen LogP contribution in [0.5, 0.6) is 5.75 Å². The molecule has 4 heteroatoms. The highest BCUT2D eigenvalue weighted by Crippen LogP contribution is 2.31. The first-order valence-electron chi connectivity index (χ1n) is 6.41. The zero-order valence-corrected chi connectivity index (χ0v) is 11.2. The summed E-state index contributed by atoms with van der Waals surface area (Å²) >= 11 is 0. The maximum atomic E-state index is 12.5. The second-order valence-corrected chi connectivity index (χ2v) is 4.94. The molecule has 1 aromatic carbocycles. The third-order valence-electron chi connectivity index (χ3n) is 3.81.